The molecule has 0 atom stereocenters. The van der Waals surface area contributed by atoms with E-state index in [9.17, 15) is 12.8 Å². The van der Waals surface area contributed by atoms with Gasteiger partial charge in [-0.05, 0) is 55.3 Å². The predicted octanol–water partition coefficient (Wildman–Crippen LogP) is 4.38. The highest BCUT2D eigenvalue weighted by molar-refractivity contribution is 7.92. The number of para-hydroxylation sites is 1. The van der Waals surface area contributed by atoms with Gasteiger partial charge < -0.3 is 5.32 Å². The molecule has 1 aromatic heterocycles. The summed E-state index contributed by atoms with van der Waals surface area (Å²) in [5.41, 5.74) is 2.37. The Kier molecular flexibility index (Phi) is 4.90. The lowest BCUT2D eigenvalue weighted by atomic mass is 10.2. The van der Waals surface area contributed by atoms with Crippen molar-refractivity contribution in [2.75, 3.05) is 10.0 Å². The molecule has 0 aliphatic rings. The molecular formula is C19H18FN3O2S. The lowest BCUT2D eigenvalue weighted by molar-refractivity contribution is 0.600. The maximum Gasteiger partial charge on any atom is 0.263 e. The zero-order valence-corrected chi connectivity index (χ0v) is 15.1. The number of sulfonamides is 1. The molecule has 0 radical (unpaired) electrons. The van der Waals surface area contributed by atoms with Crippen molar-refractivity contribution < 1.29 is 12.8 Å². The van der Waals surface area contributed by atoms with Gasteiger partial charge in [-0.25, -0.2) is 17.8 Å². The van der Waals surface area contributed by atoms with Crippen LogP contribution in [-0.4, -0.2) is 13.4 Å². The van der Waals surface area contributed by atoms with Gasteiger partial charge in [0.05, 0.1) is 22.5 Å². The SMILES string of the molecule is Cc1ccc(C)c(S(=O)(=O)Nc2ccc(Nc3ccccc3F)cn2)c1. The van der Waals surface area contributed by atoms with E-state index in [2.05, 4.69) is 15.0 Å². The van der Waals surface area contributed by atoms with Crippen molar-refractivity contribution in [3.05, 3.63) is 77.7 Å². The molecule has 26 heavy (non-hydrogen) atoms. The number of rotatable bonds is 5. The number of benzene rings is 2. The summed E-state index contributed by atoms with van der Waals surface area (Å²) in [7, 11) is -3.74. The minimum atomic E-state index is -3.74. The molecule has 0 fully saturated rings. The monoisotopic (exact) mass is 371 g/mol. The van der Waals surface area contributed by atoms with Crippen LogP contribution in [0.15, 0.2) is 65.7 Å². The van der Waals surface area contributed by atoms with Gasteiger partial charge in [0.1, 0.15) is 11.6 Å². The van der Waals surface area contributed by atoms with Crippen molar-refractivity contribution >= 4 is 27.2 Å². The number of halogens is 1. The van der Waals surface area contributed by atoms with Crippen LogP contribution in [0.1, 0.15) is 11.1 Å². The molecule has 0 bridgehead atoms. The Bertz CT molecular complexity index is 1030. The Balaban J connectivity index is 1.79. The number of hydrogen-bond donors (Lipinski definition) is 2. The van der Waals surface area contributed by atoms with E-state index in [-0.39, 0.29) is 16.5 Å². The van der Waals surface area contributed by atoms with Crippen molar-refractivity contribution in [3.63, 3.8) is 0 Å². The molecule has 3 aromatic rings. The third kappa shape index (κ3) is 4.00. The average Bonchev–Trinajstić information content (AvgIpc) is 2.60. The Morgan fingerprint density at radius 3 is 2.46 bits per heavy atom. The number of pyridine rings is 1. The van der Waals surface area contributed by atoms with Crippen molar-refractivity contribution in [2.45, 2.75) is 18.7 Å². The standard InChI is InChI=1S/C19H18FN3O2S/c1-13-7-8-14(2)18(11-13)26(24,25)23-19-10-9-15(12-21-19)22-17-6-4-3-5-16(17)20/h3-12,22H,1-2H3,(H,21,23). The zero-order chi connectivity index (χ0) is 18.7. The first-order chi connectivity index (χ1) is 12.3. The summed E-state index contributed by atoms with van der Waals surface area (Å²) in [6, 6.07) is 14.6. The van der Waals surface area contributed by atoms with Crippen LogP contribution in [0.4, 0.5) is 21.6 Å². The Hall–Kier alpha value is -2.93. The Morgan fingerprint density at radius 2 is 1.77 bits per heavy atom. The molecule has 134 valence electrons. The fourth-order valence-corrected chi connectivity index (χ4v) is 3.77. The molecular weight excluding hydrogens is 353 g/mol. The lowest BCUT2D eigenvalue weighted by Gasteiger charge is -2.11. The second-order valence-corrected chi connectivity index (χ2v) is 7.56. The van der Waals surface area contributed by atoms with Crippen LogP contribution in [-0.2, 0) is 10.0 Å². The molecule has 0 aliphatic carbocycles. The third-order valence-corrected chi connectivity index (χ3v) is 5.29. The van der Waals surface area contributed by atoms with Crippen molar-refractivity contribution in [2.24, 2.45) is 0 Å². The van der Waals surface area contributed by atoms with Gasteiger partial charge in [-0.3, -0.25) is 4.72 Å². The van der Waals surface area contributed by atoms with Crippen LogP contribution in [0.2, 0.25) is 0 Å². The minimum absolute atomic E-state index is 0.185. The molecule has 0 amide bonds. The summed E-state index contributed by atoms with van der Waals surface area (Å²) in [5.74, 6) is -0.197. The maximum absolute atomic E-state index is 13.7. The lowest BCUT2D eigenvalue weighted by Crippen LogP contribution is -2.15. The maximum atomic E-state index is 13.7. The van der Waals surface area contributed by atoms with E-state index in [0.29, 0.717) is 16.9 Å². The topological polar surface area (TPSA) is 71.1 Å². The van der Waals surface area contributed by atoms with Crippen LogP contribution in [0.5, 0.6) is 0 Å². The summed E-state index contributed by atoms with van der Waals surface area (Å²) in [6.07, 6.45) is 1.44. The second-order valence-electron chi connectivity index (χ2n) is 5.91. The fourth-order valence-electron chi connectivity index (χ4n) is 2.44. The molecule has 0 unspecified atom stereocenters. The van der Waals surface area contributed by atoms with E-state index < -0.39 is 10.0 Å². The van der Waals surface area contributed by atoms with E-state index in [1.54, 1.807) is 43.3 Å². The van der Waals surface area contributed by atoms with Crippen LogP contribution in [0.3, 0.4) is 0 Å². The number of nitrogens with zero attached hydrogens (tertiary/aromatic N) is 1. The minimum Gasteiger partial charge on any atom is -0.352 e. The first-order valence-electron chi connectivity index (χ1n) is 7.93. The summed E-state index contributed by atoms with van der Waals surface area (Å²) in [6.45, 7) is 3.57. The fraction of sp³-hybridized carbons (Fsp3) is 0.105. The van der Waals surface area contributed by atoms with Gasteiger partial charge in [-0.1, -0.05) is 24.3 Å². The molecule has 2 aromatic carbocycles. The van der Waals surface area contributed by atoms with E-state index >= 15 is 0 Å². The molecule has 0 saturated carbocycles. The van der Waals surface area contributed by atoms with Crippen LogP contribution in [0, 0.1) is 19.7 Å². The van der Waals surface area contributed by atoms with Crippen LogP contribution in [0.25, 0.3) is 0 Å². The van der Waals surface area contributed by atoms with Gasteiger partial charge in [0.15, 0.2) is 0 Å². The number of anilines is 3. The molecule has 1 heterocycles. The first-order valence-corrected chi connectivity index (χ1v) is 9.41. The molecule has 0 saturated heterocycles. The predicted molar refractivity (Wildman–Crippen MR) is 101 cm³/mol. The third-order valence-electron chi connectivity index (χ3n) is 3.79. The highest BCUT2D eigenvalue weighted by Gasteiger charge is 2.17. The number of aryl methyl sites for hydroxylation is 2. The highest BCUT2D eigenvalue weighted by atomic mass is 32.2. The molecule has 5 nitrogen and oxygen atoms in total. The zero-order valence-electron chi connectivity index (χ0n) is 14.3. The first kappa shape index (κ1) is 17.9. The van der Waals surface area contributed by atoms with Crippen molar-refractivity contribution in [1.29, 1.82) is 0 Å². The number of nitrogens with one attached hydrogen (secondary N) is 2. The van der Waals surface area contributed by atoms with Crippen LogP contribution < -0.4 is 10.0 Å². The molecule has 7 heteroatoms. The van der Waals surface area contributed by atoms with Crippen molar-refractivity contribution in [1.82, 2.24) is 4.98 Å². The van der Waals surface area contributed by atoms with E-state index in [4.69, 9.17) is 0 Å². The van der Waals surface area contributed by atoms with E-state index in [0.717, 1.165) is 5.56 Å². The number of hydrogen-bond acceptors (Lipinski definition) is 4. The van der Waals surface area contributed by atoms with Crippen LogP contribution >= 0.6 is 0 Å². The van der Waals surface area contributed by atoms with Gasteiger partial charge in [-0.2, -0.15) is 0 Å². The van der Waals surface area contributed by atoms with Gasteiger partial charge >= 0.3 is 0 Å². The van der Waals surface area contributed by atoms with Gasteiger partial charge in [0.2, 0.25) is 0 Å². The van der Waals surface area contributed by atoms with Gasteiger partial charge in [0.25, 0.3) is 10.0 Å². The molecule has 3 rings (SSSR count). The quantitative estimate of drug-likeness (QED) is 0.698. The van der Waals surface area contributed by atoms with E-state index in [1.807, 2.05) is 13.0 Å². The number of aromatic nitrogens is 1. The average molecular weight is 371 g/mol. The second kappa shape index (κ2) is 7.13. The molecule has 2 N–H and O–H groups in total. The Morgan fingerprint density at radius 1 is 1.00 bits per heavy atom. The van der Waals surface area contributed by atoms with Gasteiger partial charge in [-0.15, -0.1) is 0 Å². The molecule has 0 spiro atoms. The van der Waals surface area contributed by atoms with E-state index in [1.165, 1.54) is 18.3 Å². The summed E-state index contributed by atoms with van der Waals surface area (Å²) in [4.78, 5) is 4.31. The largest absolute Gasteiger partial charge is 0.352 e. The smallest absolute Gasteiger partial charge is 0.263 e. The summed E-state index contributed by atoms with van der Waals surface area (Å²) in [5, 5.41) is 2.90. The highest BCUT2D eigenvalue weighted by Crippen LogP contribution is 2.22. The molecule has 0 aliphatic heterocycles. The van der Waals surface area contributed by atoms with Crippen molar-refractivity contribution in [3.8, 4) is 0 Å². The summed E-state index contributed by atoms with van der Waals surface area (Å²) >= 11 is 0. The van der Waals surface area contributed by atoms with Gasteiger partial charge in [0, 0.05) is 0 Å². The normalized spacial score (nSPS) is 11.2. The summed E-state index contributed by atoms with van der Waals surface area (Å²) < 4.78 is 41.3. The Labute approximate surface area is 152 Å².